The van der Waals surface area contributed by atoms with E-state index >= 15 is 0 Å². The van der Waals surface area contributed by atoms with Gasteiger partial charge in [0.05, 0.1) is 16.6 Å². The monoisotopic (exact) mass is 374 g/mol. The molecule has 0 aliphatic carbocycles. The van der Waals surface area contributed by atoms with Crippen LogP contribution in [0.1, 0.15) is 18.5 Å². The summed E-state index contributed by atoms with van der Waals surface area (Å²) in [6, 6.07) is 13.6. The molecule has 0 spiro atoms. The number of benzene rings is 1. The maximum atomic E-state index is 5.91. The third kappa shape index (κ3) is 4.29. The highest BCUT2D eigenvalue weighted by Gasteiger charge is 2.09. The third-order valence-electron chi connectivity index (χ3n) is 3.37. The number of anilines is 1. The molecule has 3 aromatic rings. The molecule has 3 rings (SSSR count). The quantitative estimate of drug-likeness (QED) is 0.635. The average molecular weight is 375 g/mol. The van der Waals surface area contributed by atoms with Crippen molar-refractivity contribution >= 4 is 46.2 Å². The Morgan fingerprint density at radius 2 is 2.00 bits per heavy atom. The minimum absolute atomic E-state index is 0.0442. The van der Waals surface area contributed by atoms with Crippen LogP contribution < -0.4 is 10.6 Å². The molecule has 4 nitrogen and oxygen atoms in total. The first-order chi connectivity index (χ1) is 11.6. The molecular formula is C17H15ClN4S2. The molecule has 2 heterocycles. The fourth-order valence-corrected chi connectivity index (χ4v) is 3.24. The second kappa shape index (κ2) is 7.70. The van der Waals surface area contributed by atoms with Crippen LogP contribution in [-0.2, 0) is 0 Å². The van der Waals surface area contributed by atoms with Crippen LogP contribution in [-0.4, -0.2) is 15.1 Å². The lowest BCUT2D eigenvalue weighted by Crippen LogP contribution is -2.31. The number of rotatable bonds is 4. The molecule has 0 saturated carbocycles. The molecule has 24 heavy (non-hydrogen) atoms. The van der Waals surface area contributed by atoms with Crippen LogP contribution in [0.15, 0.2) is 54.0 Å². The predicted octanol–water partition coefficient (Wildman–Crippen LogP) is 4.91. The number of thiophene rings is 1. The van der Waals surface area contributed by atoms with Gasteiger partial charge in [0.15, 0.2) is 5.11 Å². The van der Waals surface area contributed by atoms with Crippen molar-refractivity contribution in [2.75, 3.05) is 5.32 Å². The molecule has 1 atom stereocenters. The van der Waals surface area contributed by atoms with E-state index < -0.39 is 0 Å². The first kappa shape index (κ1) is 16.8. The molecule has 0 saturated heterocycles. The summed E-state index contributed by atoms with van der Waals surface area (Å²) in [6.45, 7) is 2.03. The van der Waals surface area contributed by atoms with Crippen molar-refractivity contribution in [1.29, 1.82) is 0 Å². The van der Waals surface area contributed by atoms with E-state index in [4.69, 9.17) is 23.8 Å². The average Bonchev–Trinajstić information content (AvgIpc) is 3.10. The summed E-state index contributed by atoms with van der Waals surface area (Å²) < 4.78 is 0. The summed E-state index contributed by atoms with van der Waals surface area (Å²) in [6.07, 6.45) is 1.72. The molecular weight excluding hydrogens is 360 g/mol. The van der Waals surface area contributed by atoms with Crippen LogP contribution in [0, 0.1) is 0 Å². The zero-order chi connectivity index (χ0) is 16.9. The second-order valence-electron chi connectivity index (χ2n) is 5.11. The second-order valence-corrected chi connectivity index (χ2v) is 6.91. The highest BCUT2D eigenvalue weighted by atomic mass is 35.5. The van der Waals surface area contributed by atoms with Gasteiger partial charge in [-0.3, -0.25) is 0 Å². The molecule has 1 aromatic carbocycles. The van der Waals surface area contributed by atoms with Crippen molar-refractivity contribution < 1.29 is 0 Å². The smallest absolute Gasteiger partial charge is 0.229 e. The lowest BCUT2D eigenvalue weighted by atomic mass is 10.1. The maximum Gasteiger partial charge on any atom is 0.229 e. The lowest BCUT2D eigenvalue weighted by molar-refractivity contribution is 0.722. The fraction of sp³-hybridized carbons (Fsp3) is 0.118. The Balaban J connectivity index is 1.64. The van der Waals surface area contributed by atoms with Gasteiger partial charge in [-0.25, -0.2) is 9.97 Å². The first-order valence-corrected chi connectivity index (χ1v) is 8.98. The third-order valence-corrected chi connectivity index (χ3v) is 4.74. The van der Waals surface area contributed by atoms with Gasteiger partial charge in [0, 0.05) is 11.2 Å². The summed E-state index contributed by atoms with van der Waals surface area (Å²) in [7, 11) is 0. The number of hydrogen-bond donors (Lipinski definition) is 2. The van der Waals surface area contributed by atoms with E-state index in [0.29, 0.717) is 16.1 Å². The van der Waals surface area contributed by atoms with Gasteiger partial charge in [0.2, 0.25) is 5.95 Å². The lowest BCUT2D eigenvalue weighted by Gasteiger charge is -2.17. The van der Waals surface area contributed by atoms with Gasteiger partial charge in [-0.15, -0.1) is 11.3 Å². The van der Waals surface area contributed by atoms with E-state index in [2.05, 4.69) is 20.6 Å². The van der Waals surface area contributed by atoms with Crippen LogP contribution in [0.3, 0.4) is 0 Å². The highest BCUT2D eigenvalue weighted by molar-refractivity contribution is 7.80. The van der Waals surface area contributed by atoms with E-state index in [-0.39, 0.29) is 6.04 Å². The summed E-state index contributed by atoms with van der Waals surface area (Å²) in [5, 5.41) is 9.46. The highest BCUT2D eigenvalue weighted by Crippen LogP contribution is 2.23. The molecule has 122 valence electrons. The van der Waals surface area contributed by atoms with Crippen molar-refractivity contribution in [3.8, 4) is 10.6 Å². The van der Waals surface area contributed by atoms with Gasteiger partial charge in [-0.2, -0.15) is 0 Å². The van der Waals surface area contributed by atoms with Gasteiger partial charge in [0.25, 0.3) is 0 Å². The Bertz CT molecular complexity index is 819. The van der Waals surface area contributed by atoms with Crippen molar-refractivity contribution in [3.05, 3.63) is 64.6 Å². The molecule has 0 aliphatic heterocycles. The number of halogens is 1. The van der Waals surface area contributed by atoms with E-state index in [0.717, 1.165) is 16.1 Å². The standard InChI is InChI=1S/C17H15ClN4S2/c1-11(12-4-6-13(18)7-5-12)20-17(23)22-16-19-9-8-14(21-16)15-3-2-10-24-15/h2-11H,1H3,(H2,19,20,21,22,23)/t11-/m1/s1. The Hall–Kier alpha value is -2.02. The zero-order valence-corrected chi connectivity index (χ0v) is 15.3. The van der Waals surface area contributed by atoms with E-state index in [1.54, 1.807) is 17.5 Å². The maximum absolute atomic E-state index is 5.91. The number of nitrogens with zero attached hydrogens (tertiary/aromatic N) is 2. The zero-order valence-electron chi connectivity index (χ0n) is 12.9. The Morgan fingerprint density at radius 1 is 1.21 bits per heavy atom. The van der Waals surface area contributed by atoms with Gasteiger partial charge >= 0.3 is 0 Å². The van der Waals surface area contributed by atoms with E-state index in [9.17, 15) is 0 Å². The molecule has 0 fully saturated rings. The van der Waals surface area contributed by atoms with Crippen LogP contribution in [0.25, 0.3) is 10.6 Å². The summed E-state index contributed by atoms with van der Waals surface area (Å²) >= 11 is 12.9. The number of aromatic nitrogens is 2. The molecule has 0 aliphatic rings. The van der Waals surface area contributed by atoms with Gasteiger partial charge < -0.3 is 10.6 Å². The van der Waals surface area contributed by atoms with Crippen molar-refractivity contribution in [2.45, 2.75) is 13.0 Å². The molecule has 0 bridgehead atoms. The van der Waals surface area contributed by atoms with Crippen LogP contribution in [0.2, 0.25) is 5.02 Å². The first-order valence-electron chi connectivity index (χ1n) is 7.32. The molecule has 0 amide bonds. The summed E-state index contributed by atoms with van der Waals surface area (Å²) in [5.74, 6) is 0.474. The molecule has 2 N–H and O–H groups in total. The summed E-state index contributed by atoms with van der Waals surface area (Å²) in [5.41, 5.74) is 1.97. The minimum atomic E-state index is 0.0442. The molecule has 0 radical (unpaired) electrons. The largest absolute Gasteiger partial charge is 0.356 e. The Morgan fingerprint density at radius 3 is 2.71 bits per heavy atom. The molecule has 2 aromatic heterocycles. The van der Waals surface area contributed by atoms with Crippen LogP contribution in [0.5, 0.6) is 0 Å². The van der Waals surface area contributed by atoms with E-state index in [1.807, 2.05) is 54.8 Å². The number of nitrogens with one attached hydrogen (secondary N) is 2. The number of thiocarbonyl (C=S) groups is 1. The van der Waals surface area contributed by atoms with Crippen molar-refractivity contribution in [1.82, 2.24) is 15.3 Å². The van der Waals surface area contributed by atoms with Crippen LogP contribution >= 0.6 is 35.2 Å². The normalized spacial score (nSPS) is 11.8. The fourth-order valence-electron chi connectivity index (χ4n) is 2.15. The predicted molar refractivity (Wildman–Crippen MR) is 105 cm³/mol. The molecule has 7 heteroatoms. The topological polar surface area (TPSA) is 49.8 Å². The summed E-state index contributed by atoms with van der Waals surface area (Å²) in [4.78, 5) is 9.80. The van der Waals surface area contributed by atoms with Crippen molar-refractivity contribution in [3.63, 3.8) is 0 Å². The Kier molecular flexibility index (Phi) is 5.40. The van der Waals surface area contributed by atoms with Crippen molar-refractivity contribution in [2.24, 2.45) is 0 Å². The minimum Gasteiger partial charge on any atom is -0.356 e. The van der Waals surface area contributed by atoms with Gasteiger partial charge in [0.1, 0.15) is 0 Å². The SMILES string of the molecule is C[C@@H](NC(=S)Nc1nccc(-c2cccs2)n1)c1ccc(Cl)cc1. The van der Waals surface area contributed by atoms with Crippen LogP contribution in [0.4, 0.5) is 5.95 Å². The van der Waals surface area contributed by atoms with Gasteiger partial charge in [-0.1, -0.05) is 29.8 Å². The van der Waals surface area contributed by atoms with E-state index in [1.165, 1.54) is 0 Å². The Labute approximate surface area is 154 Å². The van der Waals surface area contributed by atoms with Gasteiger partial charge in [-0.05, 0) is 54.4 Å². The molecule has 0 unspecified atom stereocenters. The number of hydrogen-bond acceptors (Lipinski definition) is 4.